The van der Waals surface area contributed by atoms with Crippen molar-refractivity contribution in [2.75, 3.05) is 6.54 Å². The molecule has 0 radical (unpaired) electrons. The molecule has 1 heterocycles. The molecule has 0 amide bonds. The highest BCUT2D eigenvalue weighted by Gasteiger charge is 2.09. The van der Waals surface area contributed by atoms with Gasteiger partial charge in [-0.15, -0.1) is 11.3 Å². The maximum Gasteiger partial charge on any atom is 0.140 e. The molecular weight excluding hydrogens is 268 g/mol. The first kappa shape index (κ1) is 15.0. The average Bonchev–Trinajstić information content (AvgIpc) is 2.87. The van der Waals surface area contributed by atoms with E-state index in [1.54, 1.807) is 11.3 Å². The molecule has 0 aliphatic heterocycles. The Hall–Kier alpha value is -1.39. The molecule has 2 rings (SSSR count). The van der Waals surface area contributed by atoms with Crippen LogP contribution in [-0.2, 0) is 19.6 Å². The molecule has 0 spiro atoms. The number of ether oxygens (including phenoxy) is 1. The maximum absolute atomic E-state index is 5.79. The van der Waals surface area contributed by atoms with Crippen molar-refractivity contribution in [1.82, 2.24) is 10.3 Å². The highest BCUT2D eigenvalue weighted by Crippen LogP contribution is 2.21. The molecule has 0 atom stereocenters. The monoisotopic (exact) mass is 290 g/mol. The molecule has 1 N–H and O–H groups in total. The normalized spacial score (nSPS) is 10.8. The molecule has 2 aromatic rings. The number of nitrogens with one attached hydrogen (secondary N) is 1. The molecule has 3 nitrogen and oxygen atoms in total. The van der Waals surface area contributed by atoms with E-state index in [4.69, 9.17) is 4.74 Å². The third kappa shape index (κ3) is 4.05. The summed E-state index contributed by atoms with van der Waals surface area (Å²) < 4.78 is 5.79. The Balaban J connectivity index is 1.98. The number of hydrogen-bond acceptors (Lipinski definition) is 4. The van der Waals surface area contributed by atoms with Crippen molar-refractivity contribution >= 4 is 11.3 Å². The van der Waals surface area contributed by atoms with Crippen molar-refractivity contribution in [3.05, 3.63) is 45.4 Å². The van der Waals surface area contributed by atoms with Crippen molar-refractivity contribution in [2.24, 2.45) is 0 Å². The van der Waals surface area contributed by atoms with E-state index in [2.05, 4.69) is 43.2 Å². The van der Waals surface area contributed by atoms with Crippen molar-refractivity contribution in [3.63, 3.8) is 0 Å². The predicted octanol–water partition coefficient (Wildman–Crippen LogP) is 3.70. The Morgan fingerprint density at radius 3 is 2.60 bits per heavy atom. The van der Waals surface area contributed by atoms with E-state index < -0.39 is 0 Å². The van der Waals surface area contributed by atoms with Crippen molar-refractivity contribution < 1.29 is 4.74 Å². The van der Waals surface area contributed by atoms with Crippen LogP contribution in [-0.4, -0.2) is 11.5 Å². The van der Waals surface area contributed by atoms with Crippen LogP contribution in [0.25, 0.3) is 0 Å². The number of hydrogen-bond donors (Lipinski definition) is 1. The summed E-state index contributed by atoms with van der Waals surface area (Å²) in [6.45, 7) is 8.78. The van der Waals surface area contributed by atoms with Gasteiger partial charge in [0.2, 0.25) is 0 Å². The van der Waals surface area contributed by atoms with Gasteiger partial charge in [0.15, 0.2) is 0 Å². The highest BCUT2D eigenvalue weighted by atomic mass is 32.1. The molecule has 0 fully saturated rings. The minimum Gasteiger partial charge on any atom is -0.486 e. The average molecular weight is 290 g/mol. The Bertz CT molecular complexity index is 534. The number of benzene rings is 1. The smallest absolute Gasteiger partial charge is 0.140 e. The predicted molar refractivity (Wildman–Crippen MR) is 84.4 cm³/mol. The van der Waals surface area contributed by atoms with Gasteiger partial charge < -0.3 is 10.1 Å². The van der Waals surface area contributed by atoms with Crippen molar-refractivity contribution in [3.8, 4) is 5.75 Å². The Morgan fingerprint density at radius 1 is 1.20 bits per heavy atom. The number of aromatic nitrogens is 1. The molecule has 108 valence electrons. The fourth-order valence-electron chi connectivity index (χ4n) is 1.93. The van der Waals surface area contributed by atoms with Gasteiger partial charge in [0, 0.05) is 11.4 Å². The summed E-state index contributed by atoms with van der Waals surface area (Å²) in [7, 11) is 0. The fourth-order valence-corrected chi connectivity index (χ4v) is 2.97. The van der Waals surface area contributed by atoms with E-state index in [1.807, 2.05) is 12.1 Å². The van der Waals surface area contributed by atoms with Gasteiger partial charge in [0.05, 0.1) is 5.69 Å². The summed E-state index contributed by atoms with van der Waals surface area (Å²) in [5.41, 5.74) is 2.44. The zero-order valence-corrected chi connectivity index (χ0v) is 13.2. The Kier molecular flexibility index (Phi) is 5.56. The van der Waals surface area contributed by atoms with Crippen LogP contribution in [0.3, 0.4) is 0 Å². The van der Waals surface area contributed by atoms with E-state index in [-0.39, 0.29) is 0 Å². The third-order valence-corrected chi connectivity index (χ3v) is 4.15. The second kappa shape index (κ2) is 7.41. The summed E-state index contributed by atoms with van der Waals surface area (Å²) in [5, 5.41) is 4.41. The van der Waals surface area contributed by atoms with Crippen LogP contribution in [0.2, 0.25) is 0 Å². The standard InChI is InChI=1S/C16H22N2OS/c1-4-14-15(10-17-5-2)20-16(18-14)11-19-13-8-6-12(3)7-9-13/h6-9,17H,4-5,10-11H2,1-3H3. The second-order valence-corrected chi connectivity index (χ2v) is 5.88. The molecule has 0 saturated heterocycles. The number of rotatable bonds is 7. The van der Waals surface area contributed by atoms with E-state index in [0.29, 0.717) is 6.61 Å². The van der Waals surface area contributed by atoms with Gasteiger partial charge in [-0.25, -0.2) is 4.98 Å². The lowest BCUT2D eigenvalue weighted by molar-refractivity contribution is 0.305. The van der Waals surface area contributed by atoms with Crippen molar-refractivity contribution in [2.45, 2.75) is 40.3 Å². The minimum absolute atomic E-state index is 0.548. The molecule has 0 saturated carbocycles. The van der Waals surface area contributed by atoms with Crippen LogP contribution in [0.1, 0.15) is 35.0 Å². The topological polar surface area (TPSA) is 34.1 Å². The van der Waals surface area contributed by atoms with E-state index >= 15 is 0 Å². The summed E-state index contributed by atoms with van der Waals surface area (Å²) in [6, 6.07) is 8.13. The van der Waals surface area contributed by atoms with Crippen LogP contribution < -0.4 is 10.1 Å². The van der Waals surface area contributed by atoms with Crippen LogP contribution >= 0.6 is 11.3 Å². The molecule has 0 aliphatic carbocycles. The molecule has 20 heavy (non-hydrogen) atoms. The van der Waals surface area contributed by atoms with E-state index in [1.165, 1.54) is 16.1 Å². The minimum atomic E-state index is 0.548. The summed E-state index contributed by atoms with van der Waals surface area (Å²) >= 11 is 1.75. The largest absolute Gasteiger partial charge is 0.486 e. The number of aryl methyl sites for hydroxylation is 2. The second-order valence-electron chi connectivity index (χ2n) is 4.71. The lowest BCUT2D eigenvalue weighted by Gasteiger charge is -2.03. The van der Waals surface area contributed by atoms with Gasteiger partial charge in [-0.05, 0) is 32.0 Å². The van der Waals surface area contributed by atoms with Crippen LogP contribution in [0.4, 0.5) is 0 Å². The van der Waals surface area contributed by atoms with Gasteiger partial charge in [-0.2, -0.15) is 0 Å². The number of nitrogens with zero attached hydrogens (tertiary/aromatic N) is 1. The van der Waals surface area contributed by atoms with Gasteiger partial charge in [0.25, 0.3) is 0 Å². The fraction of sp³-hybridized carbons (Fsp3) is 0.438. The first-order valence-corrected chi connectivity index (χ1v) is 7.92. The van der Waals surface area contributed by atoms with Gasteiger partial charge in [0.1, 0.15) is 17.4 Å². The Morgan fingerprint density at radius 2 is 1.95 bits per heavy atom. The molecule has 4 heteroatoms. The molecule has 1 aromatic heterocycles. The first-order valence-electron chi connectivity index (χ1n) is 7.10. The molecule has 1 aromatic carbocycles. The Labute approximate surface area is 125 Å². The SMILES string of the molecule is CCNCc1sc(COc2ccc(C)cc2)nc1CC. The van der Waals surface area contributed by atoms with Crippen LogP contribution in [0, 0.1) is 6.92 Å². The maximum atomic E-state index is 5.79. The van der Waals surface area contributed by atoms with Gasteiger partial charge in [-0.3, -0.25) is 0 Å². The van der Waals surface area contributed by atoms with Gasteiger partial charge >= 0.3 is 0 Å². The summed E-state index contributed by atoms with van der Waals surface area (Å²) in [6.07, 6.45) is 0.974. The molecule has 0 aliphatic rings. The lowest BCUT2D eigenvalue weighted by atomic mass is 10.2. The quantitative estimate of drug-likeness (QED) is 0.844. The zero-order chi connectivity index (χ0) is 14.4. The molecule has 0 unspecified atom stereocenters. The molecular formula is C16H22N2OS. The first-order chi connectivity index (χ1) is 9.72. The van der Waals surface area contributed by atoms with E-state index in [0.717, 1.165) is 30.3 Å². The van der Waals surface area contributed by atoms with E-state index in [9.17, 15) is 0 Å². The number of thiazole rings is 1. The summed E-state index contributed by atoms with van der Waals surface area (Å²) in [5.74, 6) is 0.900. The zero-order valence-electron chi connectivity index (χ0n) is 12.4. The van der Waals surface area contributed by atoms with Gasteiger partial charge in [-0.1, -0.05) is 31.5 Å². The summed E-state index contributed by atoms with van der Waals surface area (Å²) in [4.78, 5) is 6.00. The molecule has 0 bridgehead atoms. The van der Waals surface area contributed by atoms with Crippen LogP contribution in [0.15, 0.2) is 24.3 Å². The highest BCUT2D eigenvalue weighted by molar-refractivity contribution is 7.11. The lowest BCUT2D eigenvalue weighted by Crippen LogP contribution is -2.11. The van der Waals surface area contributed by atoms with Crippen LogP contribution in [0.5, 0.6) is 5.75 Å². The third-order valence-electron chi connectivity index (χ3n) is 3.08. The van der Waals surface area contributed by atoms with Crippen molar-refractivity contribution in [1.29, 1.82) is 0 Å².